The summed E-state index contributed by atoms with van der Waals surface area (Å²) < 4.78 is 40.0. The first kappa shape index (κ1) is 16.5. The van der Waals surface area contributed by atoms with Gasteiger partial charge in [-0.1, -0.05) is 0 Å². The molecule has 20 heavy (non-hydrogen) atoms. The number of hydrogen-bond acceptors (Lipinski definition) is 3. The summed E-state index contributed by atoms with van der Waals surface area (Å²) in [5, 5.41) is 11.3. The number of ether oxygens (including phenoxy) is 1. The Morgan fingerprint density at radius 1 is 1.50 bits per heavy atom. The Bertz CT molecular complexity index is 362. The number of likely N-dealkylation sites (tertiary alicyclic amines) is 1. The SMILES string of the molecule is CC(COCC(F)(F)F)NC(=O)N1CCC(C(=O)O)C1. The predicted molar refractivity (Wildman–Crippen MR) is 62.2 cm³/mol. The highest BCUT2D eigenvalue weighted by Gasteiger charge is 2.31. The summed E-state index contributed by atoms with van der Waals surface area (Å²) in [5.74, 6) is -1.54. The summed E-state index contributed by atoms with van der Waals surface area (Å²) in [6.07, 6.45) is -4.02. The minimum atomic E-state index is -4.40. The van der Waals surface area contributed by atoms with E-state index in [2.05, 4.69) is 10.1 Å². The predicted octanol–water partition coefficient (Wildman–Crippen LogP) is 1.07. The minimum absolute atomic E-state index is 0.108. The van der Waals surface area contributed by atoms with Crippen LogP contribution >= 0.6 is 0 Å². The van der Waals surface area contributed by atoms with Gasteiger partial charge in [-0.2, -0.15) is 13.2 Å². The second-order valence-electron chi connectivity index (χ2n) is 4.75. The highest BCUT2D eigenvalue weighted by atomic mass is 19.4. The van der Waals surface area contributed by atoms with Gasteiger partial charge in [-0.05, 0) is 13.3 Å². The molecule has 0 spiro atoms. The normalized spacial score (nSPS) is 20.8. The second kappa shape index (κ2) is 6.78. The lowest BCUT2D eigenvalue weighted by atomic mass is 10.1. The van der Waals surface area contributed by atoms with Gasteiger partial charge in [0.25, 0.3) is 0 Å². The molecule has 0 aromatic heterocycles. The summed E-state index contributed by atoms with van der Waals surface area (Å²) in [4.78, 5) is 23.8. The largest absolute Gasteiger partial charge is 0.481 e. The molecule has 0 aromatic rings. The Kier molecular flexibility index (Phi) is 5.61. The third kappa shape index (κ3) is 5.64. The number of nitrogens with one attached hydrogen (secondary N) is 1. The van der Waals surface area contributed by atoms with E-state index in [0.29, 0.717) is 13.0 Å². The lowest BCUT2D eigenvalue weighted by Crippen LogP contribution is -2.45. The maximum atomic E-state index is 11.9. The number of urea groups is 1. The molecule has 0 aromatic carbocycles. The van der Waals surface area contributed by atoms with Crippen molar-refractivity contribution in [1.82, 2.24) is 10.2 Å². The summed E-state index contributed by atoms with van der Waals surface area (Å²) in [6, 6.07) is -1.08. The van der Waals surface area contributed by atoms with E-state index in [1.165, 1.54) is 11.8 Å². The van der Waals surface area contributed by atoms with E-state index in [1.54, 1.807) is 0 Å². The van der Waals surface area contributed by atoms with Crippen molar-refractivity contribution in [3.05, 3.63) is 0 Å². The van der Waals surface area contributed by atoms with Crippen LogP contribution in [-0.4, -0.2) is 60.5 Å². The van der Waals surface area contributed by atoms with Gasteiger partial charge in [0.15, 0.2) is 0 Å². The molecule has 6 nitrogen and oxygen atoms in total. The molecule has 2 atom stereocenters. The summed E-state index contributed by atoms with van der Waals surface area (Å²) in [5.41, 5.74) is 0. The number of alkyl halides is 3. The number of hydrogen-bond donors (Lipinski definition) is 2. The first-order valence-electron chi connectivity index (χ1n) is 6.12. The number of nitrogens with zero attached hydrogens (tertiary/aromatic N) is 1. The van der Waals surface area contributed by atoms with Crippen LogP contribution in [0.3, 0.4) is 0 Å². The van der Waals surface area contributed by atoms with Gasteiger partial charge < -0.3 is 20.1 Å². The third-order valence-corrected chi connectivity index (χ3v) is 2.83. The van der Waals surface area contributed by atoms with Crippen molar-refractivity contribution in [2.45, 2.75) is 25.6 Å². The van der Waals surface area contributed by atoms with Crippen LogP contribution in [0.25, 0.3) is 0 Å². The molecule has 1 heterocycles. The number of halogens is 3. The minimum Gasteiger partial charge on any atom is -0.481 e. The fourth-order valence-corrected chi connectivity index (χ4v) is 1.84. The number of carbonyl (C=O) groups excluding carboxylic acids is 1. The topological polar surface area (TPSA) is 78.9 Å². The molecule has 0 aliphatic carbocycles. The van der Waals surface area contributed by atoms with Crippen molar-refractivity contribution in [2.24, 2.45) is 5.92 Å². The molecule has 1 aliphatic heterocycles. The van der Waals surface area contributed by atoms with E-state index in [-0.39, 0.29) is 13.2 Å². The van der Waals surface area contributed by atoms with Crippen molar-refractivity contribution < 1.29 is 32.6 Å². The van der Waals surface area contributed by atoms with E-state index >= 15 is 0 Å². The number of carboxylic acid groups (broad SMARTS) is 1. The van der Waals surface area contributed by atoms with Crippen LogP contribution in [-0.2, 0) is 9.53 Å². The molecule has 2 amide bonds. The van der Waals surface area contributed by atoms with Gasteiger partial charge in [0.1, 0.15) is 6.61 Å². The standard InChI is InChI=1S/C11H17F3N2O4/c1-7(5-20-6-11(12,13)14)15-10(19)16-3-2-8(4-16)9(17)18/h7-8H,2-6H2,1H3,(H,15,19)(H,17,18). The fourth-order valence-electron chi connectivity index (χ4n) is 1.84. The summed E-state index contributed by atoms with van der Waals surface area (Å²) in [6.45, 7) is 0.314. The van der Waals surface area contributed by atoms with Crippen LogP contribution < -0.4 is 5.32 Å². The maximum Gasteiger partial charge on any atom is 0.411 e. The average Bonchev–Trinajstić information content (AvgIpc) is 2.76. The van der Waals surface area contributed by atoms with Crippen molar-refractivity contribution >= 4 is 12.0 Å². The van der Waals surface area contributed by atoms with E-state index < -0.39 is 36.7 Å². The van der Waals surface area contributed by atoms with E-state index in [0.717, 1.165) is 0 Å². The van der Waals surface area contributed by atoms with E-state index in [1.807, 2.05) is 0 Å². The van der Waals surface area contributed by atoms with Gasteiger partial charge in [-0.15, -0.1) is 0 Å². The van der Waals surface area contributed by atoms with Gasteiger partial charge in [0, 0.05) is 13.1 Å². The molecule has 1 rings (SSSR count). The second-order valence-corrected chi connectivity index (χ2v) is 4.75. The highest BCUT2D eigenvalue weighted by Crippen LogP contribution is 2.16. The van der Waals surface area contributed by atoms with Crippen molar-refractivity contribution in [3.63, 3.8) is 0 Å². The van der Waals surface area contributed by atoms with Crippen LogP contribution in [0, 0.1) is 5.92 Å². The molecule has 0 radical (unpaired) electrons. The molecule has 116 valence electrons. The maximum absolute atomic E-state index is 11.9. The summed E-state index contributed by atoms with van der Waals surface area (Å²) >= 11 is 0. The Balaban J connectivity index is 2.27. The fraction of sp³-hybridized carbons (Fsp3) is 0.818. The van der Waals surface area contributed by atoms with Gasteiger partial charge in [-0.3, -0.25) is 4.79 Å². The summed E-state index contributed by atoms with van der Waals surface area (Å²) in [7, 11) is 0. The third-order valence-electron chi connectivity index (χ3n) is 2.83. The number of carbonyl (C=O) groups is 2. The van der Waals surface area contributed by atoms with Crippen molar-refractivity contribution in [2.75, 3.05) is 26.3 Å². The lowest BCUT2D eigenvalue weighted by Gasteiger charge is -2.21. The van der Waals surface area contributed by atoms with Crippen LogP contribution in [0.1, 0.15) is 13.3 Å². The quantitative estimate of drug-likeness (QED) is 0.796. The average molecular weight is 298 g/mol. The molecule has 1 aliphatic rings. The van der Waals surface area contributed by atoms with Gasteiger partial charge in [0.2, 0.25) is 0 Å². The zero-order valence-corrected chi connectivity index (χ0v) is 10.9. The number of carboxylic acids is 1. The Morgan fingerprint density at radius 2 is 2.15 bits per heavy atom. The molecule has 1 fully saturated rings. The molecule has 9 heteroatoms. The number of rotatable bonds is 5. The smallest absolute Gasteiger partial charge is 0.411 e. The Morgan fingerprint density at radius 3 is 2.65 bits per heavy atom. The zero-order chi connectivity index (χ0) is 15.3. The van der Waals surface area contributed by atoms with Gasteiger partial charge >= 0.3 is 18.2 Å². The molecular weight excluding hydrogens is 281 g/mol. The first-order chi connectivity index (χ1) is 9.19. The van der Waals surface area contributed by atoms with Crippen LogP contribution in [0.4, 0.5) is 18.0 Å². The van der Waals surface area contributed by atoms with Crippen molar-refractivity contribution in [3.8, 4) is 0 Å². The molecule has 0 saturated carbocycles. The molecule has 2 N–H and O–H groups in total. The Labute approximate surface area is 113 Å². The van der Waals surface area contributed by atoms with Crippen LogP contribution in [0.2, 0.25) is 0 Å². The van der Waals surface area contributed by atoms with E-state index in [4.69, 9.17) is 5.11 Å². The molecule has 0 bridgehead atoms. The highest BCUT2D eigenvalue weighted by molar-refractivity contribution is 5.77. The monoisotopic (exact) mass is 298 g/mol. The molecular formula is C11H17F3N2O4. The Hall–Kier alpha value is -1.51. The van der Waals surface area contributed by atoms with Gasteiger partial charge in [-0.25, -0.2) is 4.79 Å². The van der Waals surface area contributed by atoms with Crippen LogP contribution in [0.5, 0.6) is 0 Å². The molecule has 2 unspecified atom stereocenters. The van der Waals surface area contributed by atoms with E-state index in [9.17, 15) is 22.8 Å². The first-order valence-corrected chi connectivity index (χ1v) is 6.12. The van der Waals surface area contributed by atoms with Gasteiger partial charge in [0.05, 0.1) is 18.6 Å². The number of amides is 2. The van der Waals surface area contributed by atoms with Crippen molar-refractivity contribution in [1.29, 1.82) is 0 Å². The number of aliphatic carboxylic acids is 1. The lowest BCUT2D eigenvalue weighted by molar-refractivity contribution is -0.174. The van der Waals surface area contributed by atoms with Crippen LogP contribution in [0.15, 0.2) is 0 Å². The molecule has 1 saturated heterocycles. The zero-order valence-electron chi connectivity index (χ0n) is 10.9.